The second-order valence-electron chi connectivity index (χ2n) is 5.95. The van der Waals surface area contributed by atoms with E-state index in [9.17, 15) is 4.79 Å². The summed E-state index contributed by atoms with van der Waals surface area (Å²) in [5, 5.41) is 2.13. The van der Waals surface area contributed by atoms with Crippen molar-refractivity contribution in [2.75, 3.05) is 0 Å². The van der Waals surface area contributed by atoms with Gasteiger partial charge in [-0.05, 0) is 31.0 Å². The van der Waals surface area contributed by atoms with Crippen LogP contribution < -0.4 is 5.73 Å². The molecule has 0 saturated carbocycles. The molecule has 0 aliphatic rings. The summed E-state index contributed by atoms with van der Waals surface area (Å²) >= 11 is 13.7. The van der Waals surface area contributed by atoms with Gasteiger partial charge >= 0.3 is 6.09 Å². The Balaban J connectivity index is 2.25. The SMILES string of the molecule is CC(OCc1nc(C(C)C)c(Sc2cc(Cl)cc(Cl)c2)n1C)OC(N)=O. The Morgan fingerprint density at radius 2 is 1.88 bits per heavy atom. The molecule has 9 heteroatoms. The first-order valence-electron chi connectivity index (χ1n) is 7.94. The molecule has 0 fully saturated rings. The van der Waals surface area contributed by atoms with Gasteiger partial charge in [-0.2, -0.15) is 0 Å². The lowest BCUT2D eigenvalue weighted by Gasteiger charge is -2.12. The molecule has 0 aliphatic heterocycles. The molecule has 1 amide bonds. The normalized spacial score (nSPS) is 12.4. The Morgan fingerprint density at radius 1 is 1.27 bits per heavy atom. The van der Waals surface area contributed by atoms with Gasteiger partial charge in [0.25, 0.3) is 0 Å². The van der Waals surface area contributed by atoms with Crippen LogP contribution in [0.3, 0.4) is 0 Å². The molecule has 1 aromatic carbocycles. The monoisotopic (exact) mass is 417 g/mol. The first-order valence-corrected chi connectivity index (χ1v) is 9.51. The number of hydrogen-bond donors (Lipinski definition) is 1. The fraction of sp³-hybridized carbons (Fsp3) is 0.412. The van der Waals surface area contributed by atoms with E-state index in [0.29, 0.717) is 15.9 Å². The fourth-order valence-corrected chi connectivity index (χ4v) is 4.14. The maximum absolute atomic E-state index is 10.8. The number of benzene rings is 1. The summed E-state index contributed by atoms with van der Waals surface area (Å²) in [5.74, 6) is 0.927. The molecule has 1 heterocycles. The minimum atomic E-state index is -0.880. The number of amides is 1. The lowest BCUT2D eigenvalue weighted by atomic mass is 10.2. The zero-order chi connectivity index (χ0) is 19.4. The van der Waals surface area contributed by atoms with E-state index >= 15 is 0 Å². The number of carbonyl (C=O) groups excluding carboxylic acids is 1. The molecular formula is C17H21Cl2N3O3S. The third-order valence-electron chi connectivity index (χ3n) is 3.49. The van der Waals surface area contributed by atoms with Crippen molar-refractivity contribution in [3.8, 4) is 0 Å². The van der Waals surface area contributed by atoms with E-state index in [1.165, 1.54) is 11.8 Å². The molecule has 26 heavy (non-hydrogen) atoms. The van der Waals surface area contributed by atoms with E-state index in [4.69, 9.17) is 38.4 Å². The summed E-state index contributed by atoms with van der Waals surface area (Å²) in [4.78, 5) is 16.4. The van der Waals surface area contributed by atoms with Crippen molar-refractivity contribution in [3.05, 3.63) is 39.8 Å². The van der Waals surface area contributed by atoms with Crippen LogP contribution in [0.1, 0.15) is 38.2 Å². The van der Waals surface area contributed by atoms with Crippen LogP contribution in [0.4, 0.5) is 4.79 Å². The summed E-state index contributed by atoms with van der Waals surface area (Å²) in [7, 11) is 1.91. The highest BCUT2D eigenvalue weighted by atomic mass is 35.5. The molecule has 0 spiro atoms. The topological polar surface area (TPSA) is 79.4 Å². The Hall–Kier alpha value is -1.41. The van der Waals surface area contributed by atoms with Crippen molar-refractivity contribution in [1.29, 1.82) is 0 Å². The van der Waals surface area contributed by atoms with Gasteiger partial charge in [-0.1, -0.05) is 48.8 Å². The number of halogens is 2. The Morgan fingerprint density at radius 3 is 2.42 bits per heavy atom. The maximum Gasteiger partial charge on any atom is 0.406 e. The second kappa shape index (κ2) is 8.99. The van der Waals surface area contributed by atoms with Crippen molar-refractivity contribution in [2.24, 2.45) is 12.8 Å². The van der Waals surface area contributed by atoms with Gasteiger partial charge < -0.3 is 19.8 Å². The summed E-state index contributed by atoms with van der Waals surface area (Å²) < 4.78 is 12.2. The number of nitrogens with zero attached hydrogens (tertiary/aromatic N) is 2. The molecular weight excluding hydrogens is 397 g/mol. The first kappa shape index (κ1) is 20.9. The summed E-state index contributed by atoms with van der Waals surface area (Å²) in [6.45, 7) is 5.92. The molecule has 0 aliphatic carbocycles. The van der Waals surface area contributed by atoms with Crippen molar-refractivity contribution in [3.63, 3.8) is 0 Å². The van der Waals surface area contributed by atoms with E-state index in [1.807, 2.05) is 23.7 Å². The van der Waals surface area contributed by atoms with Crippen molar-refractivity contribution < 1.29 is 14.3 Å². The predicted octanol–water partition coefficient (Wildman–Crippen LogP) is 4.96. The molecule has 1 atom stereocenters. The zero-order valence-corrected chi connectivity index (χ0v) is 17.3. The van der Waals surface area contributed by atoms with Crippen LogP contribution in [0.15, 0.2) is 28.1 Å². The summed E-state index contributed by atoms with van der Waals surface area (Å²) in [6, 6.07) is 5.40. The van der Waals surface area contributed by atoms with Gasteiger partial charge in [0.15, 0.2) is 0 Å². The molecule has 1 aromatic heterocycles. The van der Waals surface area contributed by atoms with Crippen LogP contribution in [0.25, 0.3) is 0 Å². The quantitative estimate of drug-likeness (QED) is 0.643. The molecule has 2 N–H and O–H groups in total. The van der Waals surface area contributed by atoms with Gasteiger partial charge in [0.2, 0.25) is 6.29 Å². The minimum Gasteiger partial charge on any atom is -0.420 e. The fourth-order valence-electron chi connectivity index (χ4n) is 2.27. The summed E-state index contributed by atoms with van der Waals surface area (Å²) in [5.41, 5.74) is 5.92. The highest BCUT2D eigenvalue weighted by Crippen LogP contribution is 2.36. The number of rotatable bonds is 7. The Labute approximate surface area is 167 Å². The number of imidazole rings is 1. The van der Waals surface area contributed by atoms with Gasteiger partial charge in [-0.25, -0.2) is 9.78 Å². The molecule has 6 nitrogen and oxygen atoms in total. The summed E-state index contributed by atoms with van der Waals surface area (Å²) in [6.07, 6.45) is -1.64. The lowest BCUT2D eigenvalue weighted by molar-refractivity contribution is -0.0992. The van der Waals surface area contributed by atoms with Crippen LogP contribution in [0, 0.1) is 0 Å². The molecule has 0 radical (unpaired) electrons. The highest BCUT2D eigenvalue weighted by Gasteiger charge is 2.20. The smallest absolute Gasteiger partial charge is 0.406 e. The average Bonchev–Trinajstić information content (AvgIpc) is 2.80. The van der Waals surface area contributed by atoms with Crippen LogP contribution in [0.2, 0.25) is 10.0 Å². The third-order valence-corrected chi connectivity index (χ3v) is 5.07. The average molecular weight is 418 g/mol. The predicted molar refractivity (Wildman–Crippen MR) is 103 cm³/mol. The lowest BCUT2D eigenvalue weighted by Crippen LogP contribution is -2.23. The molecule has 2 rings (SSSR count). The highest BCUT2D eigenvalue weighted by molar-refractivity contribution is 7.99. The third kappa shape index (κ3) is 5.54. The Kier molecular flexibility index (Phi) is 7.23. The second-order valence-corrected chi connectivity index (χ2v) is 7.89. The number of nitrogens with two attached hydrogens (primary N) is 1. The Bertz CT molecular complexity index is 776. The minimum absolute atomic E-state index is 0.182. The van der Waals surface area contributed by atoms with E-state index in [-0.39, 0.29) is 12.5 Å². The van der Waals surface area contributed by atoms with Crippen LogP contribution in [-0.4, -0.2) is 21.9 Å². The number of hydrogen-bond acceptors (Lipinski definition) is 5. The van der Waals surface area contributed by atoms with Gasteiger partial charge in [0.05, 0.1) is 5.69 Å². The molecule has 0 saturated heterocycles. The molecule has 0 bridgehead atoms. The van der Waals surface area contributed by atoms with Gasteiger partial charge in [-0.15, -0.1) is 0 Å². The van der Waals surface area contributed by atoms with Crippen LogP contribution >= 0.6 is 35.0 Å². The first-order chi connectivity index (χ1) is 12.2. The zero-order valence-electron chi connectivity index (χ0n) is 15.0. The maximum atomic E-state index is 10.8. The van der Waals surface area contributed by atoms with Crippen molar-refractivity contribution >= 4 is 41.1 Å². The van der Waals surface area contributed by atoms with Gasteiger partial charge in [-0.3, -0.25) is 0 Å². The number of ether oxygens (including phenoxy) is 2. The van der Waals surface area contributed by atoms with E-state index in [2.05, 4.69) is 18.8 Å². The van der Waals surface area contributed by atoms with Crippen molar-refractivity contribution in [2.45, 2.75) is 49.5 Å². The van der Waals surface area contributed by atoms with E-state index in [1.54, 1.807) is 13.0 Å². The standard InChI is InChI=1S/C17H21Cl2N3O3S/c1-9(2)15-16(26-13-6-11(18)5-12(19)7-13)22(4)14(21-15)8-24-10(3)25-17(20)23/h5-7,9-10H,8H2,1-4H3,(H2,20,23). The number of primary amides is 1. The van der Waals surface area contributed by atoms with Crippen LogP contribution in [-0.2, 0) is 23.1 Å². The van der Waals surface area contributed by atoms with Crippen molar-refractivity contribution in [1.82, 2.24) is 9.55 Å². The van der Waals surface area contributed by atoms with E-state index < -0.39 is 12.4 Å². The molecule has 142 valence electrons. The van der Waals surface area contributed by atoms with E-state index in [0.717, 1.165) is 15.6 Å². The van der Waals surface area contributed by atoms with Crippen LogP contribution in [0.5, 0.6) is 0 Å². The molecule has 2 aromatic rings. The van der Waals surface area contributed by atoms with Gasteiger partial charge in [0.1, 0.15) is 17.5 Å². The largest absolute Gasteiger partial charge is 0.420 e. The number of aromatic nitrogens is 2. The molecule has 1 unspecified atom stereocenters. The van der Waals surface area contributed by atoms with Gasteiger partial charge in [0, 0.05) is 22.0 Å². The number of carbonyl (C=O) groups is 1.